The Morgan fingerprint density at radius 1 is 1.57 bits per heavy atom. The molecule has 1 heterocycles. The Balaban J connectivity index is 2.20. The minimum Gasteiger partial charge on any atom is -0.469 e. The van der Waals surface area contributed by atoms with Gasteiger partial charge >= 0.3 is 5.97 Å². The number of hydrogen-bond donors (Lipinski definition) is 0. The van der Waals surface area contributed by atoms with Crippen LogP contribution in [-0.2, 0) is 16.0 Å². The summed E-state index contributed by atoms with van der Waals surface area (Å²) in [6.45, 7) is 1.91. The number of aryl methyl sites for hydroxylation is 1. The van der Waals surface area contributed by atoms with Crippen molar-refractivity contribution in [1.82, 2.24) is 14.8 Å². The van der Waals surface area contributed by atoms with Crippen LogP contribution in [0.5, 0.6) is 0 Å². The van der Waals surface area contributed by atoms with Gasteiger partial charge in [0, 0.05) is 6.04 Å². The van der Waals surface area contributed by atoms with Crippen LogP contribution in [0.1, 0.15) is 30.5 Å². The van der Waals surface area contributed by atoms with Crippen LogP contribution in [-0.4, -0.2) is 27.8 Å². The molecule has 1 saturated carbocycles. The zero-order valence-corrected chi connectivity index (χ0v) is 8.36. The third-order valence-corrected chi connectivity index (χ3v) is 2.38. The van der Waals surface area contributed by atoms with Crippen molar-refractivity contribution in [3.8, 4) is 0 Å². The highest BCUT2D eigenvalue weighted by molar-refractivity contribution is 5.71. The highest BCUT2D eigenvalue weighted by Crippen LogP contribution is 2.36. The Hall–Kier alpha value is -1.39. The molecule has 0 bridgehead atoms. The lowest BCUT2D eigenvalue weighted by Crippen LogP contribution is -2.11. The molecule has 0 unspecified atom stereocenters. The molecule has 1 aromatic rings. The average molecular weight is 195 g/mol. The van der Waals surface area contributed by atoms with E-state index in [9.17, 15) is 4.79 Å². The highest BCUT2D eigenvalue weighted by Gasteiger charge is 2.28. The van der Waals surface area contributed by atoms with Gasteiger partial charge in [-0.1, -0.05) is 0 Å². The van der Waals surface area contributed by atoms with Gasteiger partial charge in [-0.3, -0.25) is 4.79 Å². The largest absolute Gasteiger partial charge is 0.469 e. The highest BCUT2D eigenvalue weighted by atomic mass is 16.5. The molecule has 5 heteroatoms. The smallest absolute Gasteiger partial charge is 0.313 e. The first kappa shape index (κ1) is 9.18. The van der Waals surface area contributed by atoms with E-state index in [4.69, 9.17) is 0 Å². The van der Waals surface area contributed by atoms with Crippen LogP contribution in [0.3, 0.4) is 0 Å². The van der Waals surface area contributed by atoms with Gasteiger partial charge in [-0.05, 0) is 19.8 Å². The van der Waals surface area contributed by atoms with Crippen LogP contribution in [0.25, 0.3) is 0 Å². The molecule has 0 saturated heterocycles. The van der Waals surface area contributed by atoms with E-state index in [2.05, 4.69) is 14.9 Å². The fourth-order valence-electron chi connectivity index (χ4n) is 1.54. The van der Waals surface area contributed by atoms with Gasteiger partial charge in [0.15, 0.2) is 0 Å². The normalized spacial score (nSPS) is 15.6. The van der Waals surface area contributed by atoms with E-state index in [1.807, 2.05) is 11.5 Å². The van der Waals surface area contributed by atoms with Gasteiger partial charge in [0.25, 0.3) is 0 Å². The lowest BCUT2D eigenvalue weighted by molar-refractivity contribution is -0.139. The standard InChI is InChI=1S/C9H13N3O2/c1-6-10-11-8(5-9(13)14-2)12(6)7-3-4-7/h7H,3-5H2,1-2H3. The second kappa shape index (κ2) is 3.40. The molecule has 1 aliphatic carbocycles. The topological polar surface area (TPSA) is 57.0 Å². The van der Waals surface area contributed by atoms with Gasteiger partial charge in [0.1, 0.15) is 18.1 Å². The first-order chi connectivity index (χ1) is 6.72. The summed E-state index contributed by atoms with van der Waals surface area (Å²) in [7, 11) is 1.38. The number of methoxy groups -OCH3 is 1. The zero-order valence-electron chi connectivity index (χ0n) is 8.36. The van der Waals surface area contributed by atoms with E-state index in [-0.39, 0.29) is 12.4 Å². The van der Waals surface area contributed by atoms with E-state index in [1.54, 1.807) is 0 Å². The Kier molecular flexibility index (Phi) is 2.23. The van der Waals surface area contributed by atoms with Crippen molar-refractivity contribution in [3.63, 3.8) is 0 Å². The summed E-state index contributed by atoms with van der Waals surface area (Å²) in [6.07, 6.45) is 2.54. The minimum atomic E-state index is -0.265. The number of carbonyl (C=O) groups excluding carboxylic acids is 1. The van der Waals surface area contributed by atoms with Gasteiger partial charge in [0.2, 0.25) is 0 Å². The van der Waals surface area contributed by atoms with E-state index in [1.165, 1.54) is 7.11 Å². The SMILES string of the molecule is COC(=O)Cc1nnc(C)n1C1CC1. The Morgan fingerprint density at radius 3 is 2.86 bits per heavy atom. The fraction of sp³-hybridized carbons (Fsp3) is 0.667. The number of hydrogen-bond acceptors (Lipinski definition) is 4. The van der Waals surface area contributed by atoms with Crippen LogP contribution in [0.4, 0.5) is 0 Å². The number of aromatic nitrogens is 3. The Morgan fingerprint density at radius 2 is 2.29 bits per heavy atom. The molecule has 1 fully saturated rings. The first-order valence-corrected chi connectivity index (χ1v) is 4.69. The monoisotopic (exact) mass is 195 g/mol. The van der Waals surface area contributed by atoms with Crippen molar-refractivity contribution in [2.75, 3.05) is 7.11 Å². The van der Waals surface area contributed by atoms with Gasteiger partial charge < -0.3 is 9.30 Å². The van der Waals surface area contributed by atoms with Crippen LogP contribution in [0.15, 0.2) is 0 Å². The first-order valence-electron chi connectivity index (χ1n) is 4.69. The Bertz CT molecular complexity index is 355. The summed E-state index contributed by atoms with van der Waals surface area (Å²) in [6, 6.07) is 0.504. The summed E-state index contributed by atoms with van der Waals surface area (Å²) in [5.74, 6) is 1.34. The second-order valence-electron chi connectivity index (χ2n) is 3.52. The molecule has 0 N–H and O–H groups in total. The van der Waals surface area contributed by atoms with Crippen molar-refractivity contribution in [3.05, 3.63) is 11.6 Å². The van der Waals surface area contributed by atoms with Crippen LogP contribution >= 0.6 is 0 Å². The number of esters is 1. The summed E-state index contributed by atoms with van der Waals surface area (Å²) < 4.78 is 6.64. The molecule has 5 nitrogen and oxygen atoms in total. The molecule has 0 atom stereocenters. The predicted molar refractivity (Wildman–Crippen MR) is 48.8 cm³/mol. The molecular formula is C9H13N3O2. The molecule has 14 heavy (non-hydrogen) atoms. The molecule has 1 aliphatic rings. The zero-order chi connectivity index (χ0) is 10.1. The van der Waals surface area contributed by atoms with Crippen LogP contribution < -0.4 is 0 Å². The fourth-order valence-corrected chi connectivity index (χ4v) is 1.54. The maximum Gasteiger partial charge on any atom is 0.313 e. The summed E-state index contributed by atoms with van der Waals surface area (Å²) >= 11 is 0. The van der Waals surface area contributed by atoms with E-state index < -0.39 is 0 Å². The van der Waals surface area contributed by atoms with Gasteiger partial charge in [0.05, 0.1) is 7.11 Å². The van der Waals surface area contributed by atoms with Crippen molar-refractivity contribution in [2.45, 2.75) is 32.2 Å². The average Bonchev–Trinajstić information content (AvgIpc) is 2.93. The molecule has 0 amide bonds. The lowest BCUT2D eigenvalue weighted by Gasteiger charge is -2.05. The summed E-state index contributed by atoms with van der Waals surface area (Å²) in [4.78, 5) is 11.1. The van der Waals surface area contributed by atoms with Crippen molar-refractivity contribution in [1.29, 1.82) is 0 Å². The molecule has 0 radical (unpaired) electrons. The quantitative estimate of drug-likeness (QED) is 0.664. The molecule has 0 aliphatic heterocycles. The van der Waals surface area contributed by atoms with E-state index in [0.717, 1.165) is 24.5 Å². The van der Waals surface area contributed by atoms with Crippen molar-refractivity contribution < 1.29 is 9.53 Å². The lowest BCUT2D eigenvalue weighted by atomic mass is 10.4. The van der Waals surface area contributed by atoms with Crippen LogP contribution in [0.2, 0.25) is 0 Å². The summed E-state index contributed by atoms with van der Waals surface area (Å²) in [5.41, 5.74) is 0. The Labute approximate surface area is 82.1 Å². The maximum atomic E-state index is 11.1. The molecule has 2 rings (SSSR count). The number of rotatable bonds is 3. The molecule has 76 valence electrons. The second-order valence-corrected chi connectivity index (χ2v) is 3.52. The van der Waals surface area contributed by atoms with Gasteiger partial charge in [-0.2, -0.15) is 0 Å². The van der Waals surface area contributed by atoms with Crippen molar-refractivity contribution >= 4 is 5.97 Å². The number of carbonyl (C=O) groups is 1. The molecule has 1 aromatic heterocycles. The van der Waals surface area contributed by atoms with Gasteiger partial charge in [-0.15, -0.1) is 10.2 Å². The minimum absolute atomic E-state index is 0.216. The number of ether oxygens (including phenoxy) is 1. The van der Waals surface area contributed by atoms with Crippen LogP contribution in [0, 0.1) is 6.92 Å². The summed E-state index contributed by atoms with van der Waals surface area (Å²) in [5, 5.41) is 7.95. The van der Waals surface area contributed by atoms with Gasteiger partial charge in [-0.25, -0.2) is 0 Å². The molecule has 0 aromatic carbocycles. The molecular weight excluding hydrogens is 182 g/mol. The molecule has 0 spiro atoms. The van der Waals surface area contributed by atoms with E-state index >= 15 is 0 Å². The predicted octanol–water partition coefficient (Wildman–Crippen LogP) is 0.637. The third kappa shape index (κ3) is 1.62. The maximum absolute atomic E-state index is 11.1. The van der Waals surface area contributed by atoms with Crippen molar-refractivity contribution in [2.24, 2.45) is 0 Å². The third-order valence-electron chi connectivity index (χ3n) is 2.38. The number of nitrogens with zero attached hydrogens (tertiary/aromatic N) is 3. The van der Waals surface area contributed by atoms with E-state index in [0.29, 0.717) is 6.04 Å².